The third-order valence-corrected chi connectivity index (χ3v) is 3.87. The van der Waals surface area contributed by atoms with Gasteiger partial charge in [-0.05, 0) is 54.2 Å². The smallest absolute Gasteiger partial charge is 0.224 e. The van der Waals surface area contributed by atoms with Gasteiger partial charge in [0, 0.05) is 12.1 Å². The van der Waals surface area contributed by atoms with Crippen molar-refractivity contribution < 1.29 is 9.90 Å². The van der Waals surface area contributed by atoms with Gasteiger partial charge in [-0.25, -0.2) is 0 Å². The number of carbonyl (C=O) groups is 1. The maximum absolute atomic E-state index is 11.8. The van der Waals surface area contributed by atoms with Crippen molar-refractivity contribution in [3.8, 4) is 11.1 Å². The summed E-state index contributed by atoms with van der Waals surface area (Å²) < 4.78 is 0. The molecule has 1 unspecified atom stereocenters. The van der Waals surface area contributed by atoms with Gasteiger partial charge in [-0.1, -0.05) is 30.3 Å². The Hall–Kier alpha value is -2.13. The largest absolute Gasteiger partial charge is 0.393 e. The first-order chi connectivity index (χ1) is 10.1. The Balaban J connectivity index is 1.74. The molecule has 3 rings (SSSR count). The first kappa shape index (κ1) is 13.8. The van der Waals surface area contributed by atoms with Gasteiger partial charge in [0.25, 0.3) is 0 Å². The maximum atomic E-state index is 11.8. The van der Waals surface area contributed by atoms with Crippen LogP contribution in [-0.2, 0) is 11.2 Å². The number of benzene rings is 2. The molecule has 2 aromatic carbocycles. The van der Waals surface area contributed by atoms with E-state index in [9.17, 15) is 9.90 Å². The quantitative estimate of drug-likeness (QED) is 0.770. The molecule has 0 saturated carbocycles. The van der Waals surface area contributed by atoms with Gasteiger partial charge >= 0.3 is 0 Å². The summed E-state index contributed by atoms with van der Waals surface area (Å²) in [6.07, 6.45) is 1.31. The topological polar surface area (TPSA) is 49.3 Å². The molecule has 1 atom stereocenters. The van der Waals surface area contributed by atoms with Gasteiger partial charge in [-0.2, -0.15) is 0 Å². The highest BCUT2D eigenvalue weighted by Gasteiger charge is 2.18. The summed E-state index contributed by atoms with van der Waals surface area (Å²) in [5.41, 5.74) is 5.97. The molecule has 0 radical (unpaired) electrons. The summed E-state index contributed by atoms with van der Waals surface area (Å²) in [5, 5.41) is 12.1. The van der Waals surface area contributed by atoms with Crippen molar-refractivity contribution in [2.24, 2.45) is 0 Å². The SMILES string of the molecule is CC(O)CCC(=O)Nc1ccc2c(c1)Cc1ccccc1-2. The van der Waals surface area contributed by atoms with Crippen LogP contribution in [0.25, 0.3) is 11.1 Å². The van der Waals surface area contributed by atoms with Gasteiger partial charge in [0.2, 0.25) is 5.91 Å². The van der Waals surface area contributed by atoms with Crippen LogP contribution in [0.1, 0.15) is 30.9 Å². The minimum absolute atomic E-state index is 0.0497. The molecule has 0 aliphatic heterocycles. The van der Waals surface area contributed by atoms with E-state index in [-0.39, 0.29) is 5.91 Å². The first-order valence-electron chi connectivity index (χ1n) is 7.32. The van der Waals surface area contributed by atoms with Crippen molar-refractivity contribution >= 4 is 11.6 Å². The fourth-order valence-electron chi connectivity index (χ4n) is 2.79. The van der Waals surface area contributed by atoms with Crippen LogP contribution in [0, 0.1) is 0 Å². The fourth-order valence-corrected chi connectivity index (χ4v) is 2.79. The molecule has 2 N–H and O–H groups in total. The minimum atomic E-state index is -0.440. The van der Waals surface area contributed by atoms with E-state index < -0.39 is 6.10 Å². The second kappa shape index (κ2) is 5.70. The van der Waals surface area contributed by atoms with E-state index in [1.54, 1.807) is 6.92 Å². The van der Waals surface area contributed by atoms with Crippen molar-refractivity contribution in [3.63, 3.8) is 0 Å². The molecule has 1 aliphatic carbocycles. The molecule has 2 aromatic rings. The van der Waals surface area contributed by atoms with E-state index in [1.807, 2.05) is 6.07 Å². The number of anilines is 1. The van der Waals surface area contributed by atoms with Gasteiger partial charge in [-0.3, -0.25) is 4.79 Å². The third kappa shape index (κ3) is 2.98. The van der Waals surface area contributed by atoms with Gasteiger partial charge in [0.05, 0.1) is 6.10 Å². The Morgan fingerprint density at radius 1 is 1.19 bits per heavy atom. The number of carbonyl (C=O) groups excluding carboxylic acids is 1. The van der Waals surface area contributed by atoms with E-state index in [4.69, 9.17) is 0 Å². The Kier molecular flexibility index (Phi) is 3.76. The van der Waals surface area contributed by atoms with Crippen LogP contribution in [0.15, 0.2) is 42.5 Å². The van der Waals surface area contributed by atoms with Gasteiger partial charge < -0.3 is 10.4 Å². The third-order valence-electron chi connectivity index (χ3n) is 3.87. The van der Waals surface area contributed by atoms with Crippen molar-refractivity contribution in [1.29, 1.82) is 0 Å². The second-order valence-corrected chi connectivity index (χ2v) is 5.64. The Labute approximate surface area is 124 Å². The van der Waals surface area contributed by atoms with E-state index in [0.29, 0.717) is 12.8 Å². The van der Waals surface area contributed by atoms with E-state index in [1.165, 1.54) is 22.3 Å². The summed E-state index contributed by atoms with van der Waals surface area (Å²) in [6, 6.07) is 14.5. The zero-order valence-corrected chi connectivity index (χ0v) is 12.1. The summed E-state index contributed by atoms with van der Waals surface area (Å²) >= 11 is 0. The first-order valence-corrected chi connectivity index (χ1v) is 7.32. The zero-order chi connectivity index (χ0) is 14.8. The Morgan fingerprint density at radius 2 is 1.95 bits per heavy atom. The fraction of sp³-hybridized carbons (Fsp3) is 0.278. The van der Waals surface area contributed by atoms with E-state index in [0.717, 1.165) is 12.1 Å². The lowest BCUT2D eigenvalue weighted by Gasteiger charge is -2.08. The lowest BCUT2D eigenvalue weighted by Crippen LogP contribution is -2.14. The highest BCUT2D eigenvalue weighted by Crippen LogP contribution is 2.37. The number of aliphatic hydroxyl groups is 1. The van der Waals surface area contributed by atoms with E-state index >= 15 is 0 Å². The van der Waals surface area contributed by atoms with Gasteiger partial charge in [0.1, 0.15) is 0 Å². The standard InChI is InChI=1S/C18H19NO2/c1-12(20)6-9-18(21)19-15-7-8-17-14(11-15)10-13-4-2-3-5-16(13)17/h2-5,7-8,11-12,20H,6,9-10H2,1H3,(H,19,21). The molecule has 108 valence electrons. The summed E-state index contributed by atoms with van der Waals surface area (Å²) in [6.45, 7) is 1.69. The number of amides is 1. The van der Waals surface area contributed by atoms with Gasteiger partial charge in [0.15, 0.2) is 0 Å². The highest BCUT2D eigenvalue weighted by atomic mass is 16.3. The van der Waals surface area contributed by atoms with Crippen LogP contribution < -0.4 is 5.32 Å². The molecule has 0 fully saturated rings. The number of nitrogens with one attached hydrogen (secondary N) is 1. The number of aliphatic hydroxyl groups excluding tert-OH is 1. The minimum Gasteiger partial charge on any atom is -0.393 e. The molecule has 1 aliphatic rings. The number of rotatable bonds is 4. The molecule has 0 heterocycles. The van der Waals surface area contributed by atoms with Crippen LogP contribution >= 0.6 is 0 Å². The predicted octanol–water partition coefficient (Wildman–Crippen LogP) is 3.36. The lowest BCUT2D eigenvalue weighted by molar-refractivity contribution is -0.116. The zero-order valence-electron chi connectivity index (χ0n) is 12.1. The average Bonchev–Trinajstić information content (AvgIpc) is 2.82. The number of fused-ring (bicyclic) bond motifs is 3. The Morgan fingerprint density at radius 3 is 2.76 bits per heavy atom. The predicted molar refractivity (Wildman–Crippen MR) is 84.2 cm³/mol. The van der Waals surface area contributed by atoms with Crippen molar-refractivity contribution in [1.82, 2.24) is 0 Å². The molecule has 3 nitrogen and oxygen atoms in total. The molecule has 3 heteroatoms. The number of hydrogen-bond donors (Lipinski definition) is 2. The summed E-state index contributed by atoms with van der Waals surface area (Å²) in [5.74, 6) is -0.0497. The highest BCUT2D eigenvalue weighted by molar-refractivity contribution is 5.91. The number of hydrogen-bond acceptors (Lipinski definition) is 2. The summed E-state index contributed by atoms with van der Waals surface area (Å²) in [7, 11) is 0. The Bertz CT molecular complexity index is 677. The monoisotopic (exact) mass is 281 g/mol. The maximum Gasteiger partial charge on any atom is 0.224 e. The molecular formula is C18H19NO2. The summed E-state index contributed by atoms with van der Waals surface area (Å²) in [4.78, 5) is 11.8. The normalized spacial score (nSPS) is 13.4. The molecule has 0 aromatic heterocycles. The van der Waals surface area contributed by atoms with Crippen LogP contribution in [0.5, 0.6) is 0 Å². The second-order valence-electron chi connectivity index (χ2n) is 5.64. The van der Waals surface area contributed by atoms with Crippen molar-refractivity contribution in [3.05, 3.63) is 53.6 Å². The average molecular weight is 281 g/mol. The molecule has 1 amide bonds. The molecule has 0 spiro atoms. The molecule has 0 bridgehead atoms. The lowest BCUT2D eigenvalue weighted by atomic mass is 10.1. The van der Waals surface area contributed by atoms with Crippen LogP contribution in [0.3, 0.4) is 0 Å². The van der Waals surface area contributed by atoms with Crippen molar-refractivity contribution in [2.75, 3.05) is 5.32 Å². The molecule has 21 heavy (non-hydrogen) atoms. The van der Waals surface area contributed by atoms with Gasteiger partial charge in [-0.15, -0.1) is 0 Å². The van der Waals surface area contributed by atoms with Crippen molar-refractivity contribution in [2.45, 2.75) is 32.3 Å². The van der Waals surface area contributed by atoms with E-state index in [2.05, 4.69) is 41.7 Å². The van der Waals surface area contributed by atoms with Crippen LogP contribution in [-0.4, -0.2) is 17.1 Å². The molecule has 0 saturated heterocycles. The molecular weight excluding hydrogens is 262 g/mol. The van der Waals surface area contributed by atoms with Crippen LogP contribution in [0.2, 0.25) is 0 Å². The van der Waals surface area contributed by atoms with Crippen LogP contribution in [0.4, 0.5) is 5.69 Å².